The number of rotatable bonds is 10. The Bertz CT molecular complexity index is 1390. The minimum Gasteiger partial charge on any atom is -0.510 e. The molecule has 0 amide bonds. The molecule has 9 heteroatoms. The normalized spacial score (nSPS) is 11.6. The molecule has 0 aliphatic rings. The van der Waals surface area contributed by atoms with Gasteiger partial charge in [0.2, 0.25) is 0 Å². The maximum Gasteiger partial charge on any atom is 0.454 e. The predicted molar refractivity (Wildman–Crippen MR) is 155 cm³/mol. The fourth-order valence-corrected chi connectivity index (χ4v) is 5.19. The highest BCUT2D eigenvalue weighted by Gasteiger charge is 2.31. The molecular weight excluding hydrogens is 512 g/mol. The Morgan fingerprint density at radius 2 is 0.949 bits per heavy atom. The molecule has 8 nitrogen and oxygen atoms in total. The van der Waals surface area contributed by atoms with E-state index in [0.717, 1.165) is 0 Å². The summed E-state index contributed by atoms with van der Waals surface area (Å²) in [5, 5.41) is 20.8. The van der Waals surface area contributed by atoms with Gasteiger partial charge in [0.25, 0.3) is 0 Å². The summed E-state index contributed by atoms with van der Waals surface area (Å²) in [6.07, 6.45) is 3.13. The average molecular weight is 543 g/mol. The molecule has 4 aromatic rings. The molecule has 0 aromatic heterocycles. The van der Waals surface area contributed by atoms with Crippen molar-refractivity contribution >= 4 is 32.4 Å². The molecular formula is C30H30N2O6Si. The van der Waals surface area contributed by atoms with Crippen molar-refractivity contribution in [2.24, 2.45) is 9.98 Å². The molecule has 0 aliphatic heterocycles. The summed E-state index contributed by atoms with van der Waals surface area (Å²) < 4.78 is 23.1. The third kappa shape index (κ3) is 6.77. The molecule has 2 N–H and O–H groups in total. The lowest BCUT2D eigenvalue weighted by atomic mass is 10.2. The first-order valence-corrected chi connectivity index (χ1v) is 15.0. The van der Waals surface area contributed by atoms with Crippen molar-refractivity contribution < 1.29 is 28.5 Å². The van der Waals surface area contributed by atoms with Crippen molar-refractivity contribution in [3.8, 4) is 34.5 Å². The second kappa shape index (κ2) is 12.2. The lowest BCUT2D eigenvalue weighted by Gasteiger charge is -2.26. The fourth-order valence-electron chi connectivity index (χ4n) is 3.75. The molecule has 4 aromatic carbocycles. The number of phenolic OH excluding ortho intramolecular Hbond substituents is 2. The Morgan fingerprint density at radius 1 is 0.564 bits per heavy atom. The Balaban J connectivity index is 1.55. The van der Waals surface area contributed by atoms with Gasteiger partial charge in [-0.05, 0) is 48.5 Å². The van der Waals surface area contributed by atoms with Crippen LogP contribution >= 0.6 is 0 Å². The topological polar surface area (TPSA) is 102 Å². The van der Waals surface area contributed by atoms with Crippen LogP contribution in [-0.4, -0.2) is 45.4 Å². The highest BCUT2D eigenvalue weighted by atomic mass is 28.4. The van der Waals surface area contributed by atoms with Crippen molar-refractivity contribution in [3.63, 3.8) is 0 Å². The van der Waals surface area contributed by atoms with E-state index in [1.807, 2.05) is 61.6 Å². The molecule has 0 aliphatic carbocycles. The quantitative estimate of drug-likeness (QED) is 0.169. The van der Waals surface area contributed by atoms with Crippen LogP contribution in [0, 0.1) is 0 Å². The van der Waals surface area contributed by atoms with Gasteiger partial charge in [0.05, 0.1) is 14.2 Å². The van der Waals surface area contributed by atoms with E-state index < -0.39 is 8.56 Å². The molecule has 0 atom stereocenters. The number of para-hydroxylation sites is 6. The lowest BCUT2D eigenvalue weighted by Crippen LogP contribution is -2.41. The molecule has 0 saturated carbocycles. The van der Waals surface area contributed by atoms with Crippen molar-refractivity contribution in [1.29, 1.82) is 0 Å². The number of ether oxygens (including phenoxy) is 2. The number of methoxy groups -OCH3 is 2. The Kier molecular flexibility index (Phi) is 8.52. The van der Waals surface area contributed by atoms with E-state index in [1.54, 1.807) is 48.8 Å². The molecule has 0 fully saturated rings. The van der Waals surface area contributed by atoms with Gasteiger partial charge >= 0.3 is 8.56 Å². The molecule has 0 spiro atoms. The van der Waals surface area contributed by atoms with Gasteiger partial charge in [-0.2, -0.15) is 0 Å². The molecule has 200 valence electrons. The van der Waals surface area contributed by atoms with Gasteiger partial charge in [-0.25, -0.2) is 0 Å². The molecule has 0 bridgehead atoms. The van der Waals surface area contributed by atoms with Gasteiger partial charge in [0.15, 0.2) is 23.0 Å². The molecule has 0 unspecified atom stereocenters. The van der Waals surface area contributed by atoms with E-state index in [-0.39, 0.29) is 11.5 Å². The first kappa shape index (κ1) is 27.3. The summed E-state index contributed by atoms with van der Waals surface area (Å²) in [6.45, 7) is 3.85. The summed E-state index contributed by atoms with van der Waals surface area (Å²) >= 11 is 0. The second-order valence-electron chi connectivity index (χ2n) is 8.85. The second-order valence-corrected chi connectivity index (χ2v) is 12.1. The van der Waals surface area contributed by atoms with Crippen LogP contribution in [0.4, 0.5) is 11.4 Å². The number of phenols is 2. The van der Waals surface area contributed by atoms with Gasteiger partial charge in [-0.3, -0.25) is 9.98 Å². The Hall–Kier alpha value is -4.76. The summed E-state index contributed by atoms with van der Waals surface area (Å²) in [4.78, 5) is 9.10. The SMILES string of the molecule is COc1cccc(C=Nc2ccccc2O[Si](C)(C)Oc2ccccc2N=Cc2cccc(OC)c2O)c1O. The third-order valence-electron chi connectivity index (χ3n) is 5.63. The van der Waals surface area contributed by atoms with Crippen LogP contribution in [0.3, 0.4) is 0 Å². The van der Waals surface area contributed by atoms with E-state index >= 15 is 0 Å². The Labute approximate surface area is 228 Å². The third-order valence-corrected chi connectivity index (χ3v) is 7.05. The lowest BCUT2D eigenvalue weighted by molar-refractivity contribution is 0.373. The zero-order chi connectivity index (χ0) is 27.8. The monoisotopic (exact) mass is 542 g/mol. The molecule has 0 saturated heterocycles. The number of nitrogens with zero attached hydrogens (tertiary/aromatic N) is 2. The van der Waals surface area contributed by atoms with Crippen LogP contribution in [0.25, 0.3) is 0 Å². The molecule has 39 heavy (non-hydrogen) atoms. The maximum absolute atomic E-state index is 10.4. The van der Waals surface area contributed by atoms with Gasteiger partial charge < -0.3 is 28.5 Å². The molecule has 4 rings (SSSR count). The summed E-state index contributed by atoms with van der Waals surface area (Å²) in [6, 6.07) is 25.1. The van der Waals surface area contributed by atoms with Crippen LogP contribution in [0.2, 0.25) is 13.1 Å². The average Bonchev–Trinajstić information content (AvgIpc) is 2.93. The number of hydrogen-bond donors (Lipinski definition) is 2. The molecule has 0 heterocycles. The number of aromatic hydroxyl groups is 2. The zero-order valence-electron chi connectivity index (χ0n) is 22.2. The summed E-state index contributed by atoms with van der Waals surface area (Å²) in [7, 11) is 0.194. The van der Waals surface area contributed by atoms with Gasteiger partial charge in [-0.15, -0.1) is 0 Å². The van der Waals surface area contributed by atoms with E-state index in [0.29, 0.717) is 45.5 Å². The molecule has 0 radical (unpaired) electrons. The number of aliphatic imine (C=N–C) groups is 2. The van der Waals surface area contributed by atoms with Crippen LogP contribution in [0.1, 0.15) is 11.1 Å². The first-order valence-electron chi connectivity index (χ1n) is 12.2. The van der Waals surface area contributed by atoms with Gasteiger partial charge in [0, 0.05) is 36.7 Å². The standard InChI is InChI=1S/C30H30N2O6Si/c1-35-27-17-9-11-21(29(27)33)19-31-23-13-5-7-15-25(23)37-39(3,4)38-26-16-8-6-14-24(26)32-20-22-12-10-18-28(36-2)30(22)34/h5-20,33-34H,1-4H3. The van der Waals surface area contributed by atoms with E-state index in [2.05, 4.69) is 9.98 Å². The van der Waals surface area contributed by atoms with Crippen LogP contribution in [0.5, 0.6) is 34.5 Å². The maximum atomic E-state index is 10.4. The minimum absolute atomic E-state index is 0.0135. The van der Waals surface area contributed by atoms with Crippen molar-refractivity contribution in [2.45, 2.75) is 13.1 Å². The smallest absolute Gasteiger partial charge is 0.454 e. The first-order chi connectivity index (χ1) is 18.8. The van der Waals surface area contributed by atoms with E-state index in [4.69, 9.17) is 18.3 Å². The Morgan fingerprint density at radius 3 is 1.36 bits per heavy atom. The fraction of sp³-hybridized carbons (Fsp3) is 0.133. The highest BCUT2D eigenvalue weighted by Crippen LogP contribution is 2.35. The largest absolute Gasteiger partial charge is 0.510 e. The van der Waals surface area contributed by atoms with Gasteiger partial charge in [0.1, 0.15) is 22.9 Å². The van der Waals surface area contributed by atoms with Crippen molar-refractivity contribution in [3.05, 3.63) is 96.1 Å². The summed E-state index contributed by atoms with van der Waals surface area (Å²) in [5.41, 5.74) is 2.21. The van der Waals surface area contributed by atoms with Crippen molar-refractivity contribution in [1.82, 2.24) is 0 Å². The van der Waals surface area contributed by atoms with Crippen LogP contribution in [0.15, 0.2) is 94.9 Å². The predicted octanol–water partition coefficient (Wildman–Crippen LogP) is 6.78. The zero-order valence-corrected chi connectivity index (χ0v) is 23.2. The van der Waals surface area contributed by atoms with E-state index in [1.165, 1.54) is 14.2 Å². The van der Waals surface area contributed by atoms with Crippen LogP contribution < -0.4 is 18.3 Å². The van der Waals surface area contributed by atoms with Gasteiger partial charge in [-0.1, -0.05) is 36.4 Å². The van der Waals surface area contributed by atoms with Crippen LogP contribution in [-0.2, 0) is 0 Å². The summed E-state index contributed by atoms with van der Waals surface area (Å²) in [5.74, 6) is 1.87. The number of benzene rings is 4. The van der Waals surface area contributed by atoms with Crippen molar-refractivity contribution in [2.75, 3.05) is 14.2 Å². The minimum atomic E-state index is -2.80. The van der Waals surface area contributed by atoms with E-state index in [9.17, 15) is 10.2 Å². The highest BCUT2D eigenvalue weighted by molar-refractivity contribution is 6.66. The number of hydrogen-bond acceptors (Lipinski definition) is 8.